The van der Waals surface area contributed by atoms with E-state index in [0.29, 0.717) is 18.1 Å². The highest BCUT2D eigenvalue weighted by Gasteiger charge is 2.10. The second-order valence-corrected chi connectivity index (χ2v) is 7.31. The number of ether oxygens (including phenoxy) is 2. The van der Waals surface area contributed by atoms with E-state index in [-0.39, 0.29) is 12.3 Å². The van der Waals surface area contributed by atoms with Gasteiger partial charge in [0.2, 0.25) is 5.91 Å². The van der Waals surface area contributed by atoms with Crippen molar-refractivity contribution >= 4 is 50.6 Å². The van der Waals surface area contributed by atoms with Crippen molar-refractivity contribution in [2.45, 2.75) is 6.42 Å². The summed E-state index contributed by atoms with van der Waals surface area (Å²) in [5.41, 5.74) is 4.24. The van der Waals surface area contributed by atoms with Crippen molar-refractivity contribution in [3.8, 4) is 11.5 Å². The molecule has 0 unspecified atom stereocenters. The van der Waals surface area contributed by atoms with E-state index in [4.69, 9.17) is 9.47 Å². The monoisotopic (exact) mass is 528 g/mol. The molecule has 2 aromatic rings. The molecule has 7 heteroatoms. The van der Waals surface area contributed by atoms with Crippen LogP contribution in [0.25, 0.3) is 0 Å². The van der Waals surface area contributed by atoms with Gasteiger partial charge in [-0.1, -0.05) is 40.7 Å². The lowest BCUT2D eigenvalue weighted by molar-refractivity contribution is -0.120. The standard InChI is InChI=1S/C19H18BrIN2O3/c1-3-8-26-19-16(21)9-14(10-17(19)25-2)12-22-23-18(24)11-13-4-6-15(20)7-5-13/h3-7,9-10,12H,1,8,11H2,2H3,(H,23,24)/b22-12+. The van der Waals surface area contributed by atoms with Crippen LogP contribution in [0, 0.1) is 3.57 Å². The van der Waals surface area contributed by atoms with Gasteiger partial charge in [0.15, 0.2) is 11.5 Å². The third-order valence-corrected chi connectivity index (χ3v) is 4.61. The van der Waals surface area contributed by atoms with Gasteiger partial charge in [-0.05, 0) is 58.0 Å². The van der Waals surface area contributed by atoms with Crippen LogP contribution in [-0.2, 0) is 11.2 Å². The second-order valence-electron chi connectivity index (χ2n) is 5.23. The summed E-state index contributed by atoms with van der Waals surface area (Å²) >= 11 is 5.53. The highest BCUT2D eigenvalue weighted by Crippen LogP contribution is 2.33. The lowest BCUT2D eigenvalue weighted by atomic mass is 10.1. The number of halogens is 2. The van der Waals surface area contributed by atoms with Gasteiger partial charge < -0.3 is 9.47 Å². The van der Waals surface area contributed by atoms with Gasteiger partial charge in [-0.25, -0.2) is 5.43 Å². The fourth-order valence-corrected chi connectivity index (χ4v) is 3.15. The molecule has 1 N–H and O–H groups in total. The maximum atomic E-state index is 12.0. The molecule has 2 rings (SSSR count). The van der Waals surface area contributed by atoms with E-state index in [1.165, 1.54) is 0 Å². The van der Waals surface area contributed by atoms with Crippen LogP contribution >= 0.6 is 38.5 Å². The molecule has 5 nitrogen and oxygen atoms in total. The molecule has 0 atom stereocenters. The molecule has 0 aromatic heterocycles. The zero-order valence-corrected chi connectivity index (χ0v) is 17.9. The molecular formula is C19H18BrIN2O3. The number of hydrogen-bond donors (Lipinski definition) is 1. The molecule has 0 fully saturated rings. The quantitative estimate of drug-likeness (QED) is 0.240. The van der Waals surface area contributed by atoms with Crippen LogP contribution in [0.5, 0.6) is 11.5 Å². The SMILES string of the molecule is C=CCOc1c(I)cc(/C=N/NC(=O)Cc2ccc(Br)cc2)cc1OC. The van der Waals surface area contributed by atoms with E-state index in [0.717, 1.165) is 19.2 Å². The minimum atomic E-state index is -0.184. The summed E-state index contributed by atoms with van der Waals surface area (Å²) in [6.07, 6.45) is 3.51. The van der Waals surface area contributed by atoms with Crippen LogP contribution in [0.1, 0.15) is 11.1 Å². The van der Waals surface area contributed by atoms with E-state index < -0.39 is 0 Å². The molecule has 0 aliphatic rings. The molecule has 0 heterocycles. The number of carbonyl (C=O) groups excluding carboxylic acids is 1. The highest BCUT2D eigenvalue weighted by atomic mass is 127. The fourth-order valence-electron chi connectivity index (χ4n) is 2.10. The molecule has 1 amide bonds. The third-order valence-electron chi connectivity index (χ3n) is 3.28. The lowest BCUT2D eigenvalue weighted by Gasteiger charge is -2.12. The Hall–Kier alpha value is -1.87. The summed E-state index contributed by atoms with van der Waals surface area (Å²) in [4.78, 5) is 12.0. The Morgan fingerprint density at radius 1 is 1.35 bits per heavy atom. The summed E-state index contributed by atoms with van der Waals surface area (Å²) in [6, 6.07) is 11.3. The van der Waals surface area contributed by atoms with Crippen molar-refractivity contribution in [2.24, 2.45) is 5.10 Å². The second kappa shape index (κ2) is 10.3. The molecule has 0 spiro atoms. The van der Waals surface area contributed by atoms with Crippen LogP contribution in [0.15, 0.2) is 58.6 Å². The molecule has 2 aromatic carbocycles. The van der Waals surface area contributed by atoms with E-state index in [2.05, 4.69) is 55.6 Å². The fraction of sp³-hybridized carbons (Fsp3) is 0.158. The minimum Gasteiger partial charge on any atom is -0.493 e. The first-order chi connectivity index (χ1) is 12.5. The summed E-state index contributed by atoms with van der Waals surface area (Å²) < 4.78 is 12.8. The van der Waals surface area contributed by atoms with Crippen molar-refractivity contribution in [1.29, 1.82) is 0 Å². The first-order valence-corrected chi connectivity index (χ1v) is 9.58. The Morgan fingerprint density at radius 3 is 2.73 bits per heavy atom. The highest BCUT2D eigenvalue weighted by molar-refractivity contribution is 14.1. The van der Waals surface area contributed by atoms with Gasteiger partial charge in [0, 0.05) is 4.47 Å². The van der Waals surface area contributed by atoms with E-state index >= 15 is 0 Å². The molecular weight excluding hydrogens is 511 g/mol. The number of amides is 1. The van der Waals surface area contributed by atoms with Crippen molar-refractivity contribution in [2.75, 3.05) is 13.7 Å². The number of carbonyl (C=O) groups is 1. The van der Waals surface area contributed by atoms with E-state index in [9.17, 15) is 4.79 Å². The van der Waals surface area contributed by atoms with Crippen molar-refractivity contribution in [1.82, 2.24) is 5.43 Å². The Labute approximate surface area is 174 Å². The van der Waals surface area contributed by atoms with Gasteiger partial charge in [0.25, 0.3) is 0 Å². The topological polar surface area (TPSA) is 59.9 Å². The summed E-state index contributed by atoms with van der Waals surface area (Å²) in [6.45, 7) is 4.03. The average molecular weight is 529 g/mol. The van der Waals surface area contributed by atoms with Crippen LogP contribution in [0.2, 0.25) is 0 Å². The van der Waals surface area contributed by atoms with Crippen LogP contribution in [0.4, 0.5) is 0 Å². The number of hydrazone groups is 1. The molecule has 26 heavy (non-hydrogen) atoms. The lowest BCUT2D eigenvalue weighted by Crippen LogP contribution is -2.19. The molecule has 0 saturated heterocycles. The van der Waals surface area contributed by atoms with Crippen molar-refractivity contribution in [3.63, 3.8) is 0 Å². The molecule has 0 aliphatic carbocycles. The van der Waals surface area contributed by atoms with Crippen molar-refractivity contribution in [3.05, 3.63) is 68.2 Å². The van der Waals surface area contributed by atoms with Crippen LogP contribution in [-0.4, -0.2) is 25.8 Å². The van der Waals surface area contributed by atoms with Gasteiger partial charge >= 0.3 is 0 Å². The number of benzene rings is 2. The van der Waals surface area contributed by atoms with Crippen LogP contribution < -0.4 is 14.9 Å². The number of rotatable bonds is 8. The maximum absolute atomic E-state index is 12.0. The maximum Gasteiger partial charge on any atom is 0.244 e. The first-order valence-electron chi connectivity index (χ1n) is 7.71. The normalized spacial score (nSPS) is 10.6. The van der Waals surface area contributed by atoms with Crippen molar-refractivity contribution < 1.29 is 14.3 Å². The predicted octanol–water partition coefficient (Wildman–Crippen LogP) is 4.32. The van der Waals surface area contributed by atoms with Gasteiger partial charge in [-0.15, -0.1) is 0 Å². The molecule has 0 radical (unpaired) electrons. The summed E-state index contributed by atoms with van der Waals surface area (Å²) in [5.74, 6) is 1.07. The Bertz CT molecular complexity index is 807. The zero-order chi connectivity index (χ0) is 18.9. The zero-order valence-electron chi connectivity index (χ0n) is 14.2. The van der Waals surface area contributed by atoms with Gasteiger partial charge in [-0.2, -0.15) is 5.10 Å². The Kier molecular flexibility index (Phi) is 8.11. The molecule has 0 bridgehead atoms. The predicted molar refractivity (Wildman–Crippen MR) is 115 cm³/mol. The van der Waals surface area contributed by atoms with E-state index in [1.807, 2.05) is 30.3 Å². The van der Waals surface area contributed by atoms with Gasteiger partial charge in [-0.3, -0.25) is 4.79 Å². The van der Waals surface area contributed by atoms with Crippen LogP contribution in [0.3, 0.4) is 0 Å². The summed E-state index contributed by atoms with van der Waals surface area (Å²) in [5, 5.41) is 4.01. The molecule has 136 valence electrons. The Balaban J connectivity index is 2.00. The Morgan fingerprint density at radius 2 is 2.08 bits per heavy atom. The summed E-state index contributed by atoms with van der Waals surface area (Å²) in [7, 11) is 1.58. The first kappa shape index (κ1) is 20.4. The number of nitrogens with one attached hydrogen (secondary N) is 1. The largest absolute Gasteiger partial charge is 0.493 e. The molecule has 0 saturated carbocycles. The number of nitrogens with zero attached hydrogens (tertiary/aromatic N) is 1. The van der Waals surface area contributed by atoms with Gasteiger partial charge in [0.05, 0.1) is 23.3 Å². The number of methoxy groups -OCH3 is 1. The average Bonchev–Trinajstić information content (AvgIpc) is 2.62. The smallest absolute Gasteiger partial charge is 0.244 e. The van der Waals surface area contributed by atoms with E-state index in [1.54, 1.807) is 25.5 Å². The molecule has 0 aliphatic heterocycles. The third kappa shape index (κ3) is 6.14. The van der Waals surface area contributed by atoms with Gasteiger partial charge in [0.1, 0.15) is 6.61 Å². The minimum absolute atomic E-state index is 0.184. The number of hydrogen-bond acceptors (Lipinski definition) is 4.